The summed E-state index contributed by atoms with van der Waals surface area (Å²) in [6.07, 6.45) is 3.42. The molecule has 3 atom stereocenters. The van der Waals surface area contributed by atoms with Gasteiger partial charge in [-0.25, -0.2) is 18.1 Å². The Labute approximate surface area is 239 Å². The van der Waals surface area contributed by atoms with Crippen molar-refractivity contribution in [3.63, 3.8) is 0 Å². The summed E-state index contributed by atoms with van der Waals surface area (Å²) in [6, 6.07) is 11.4. The molecular formula is C30H34N4O6S. The Bertz CT molecular complexity index is 1620. The molecule has 1 fully saturated rings. The minimum Gasteiger partial charge on any atom is -0.454 e. The highest BCUT2D eigenvalue weighted by Gasteiger charge is 2.33. The summed E-state index contributed by atoms with van der Waals surface area (Å²) in [5, 5.41) is 13.2. The lowest BCUT2D eigenvalue weighted by atomic mass is 9.87. The smallest absolute Gasteiger partial charge is 0.268 e. The standard InChI is InChI=1S/C30H34N4O6S/c1-30(2,3)18-8-10-20(11-9-18)41(37,38)34-19-14-21-26(17-7-12-24-25(13-17)40-16-39-24)27(33-28(21)31-15-19)29(36)32-22-5-4-6-23(22)35/h7-13,15,19,22-23,33-35H,4-6,14,16H2,1-3H3,(H,32,36)/t19?,22-,23+/m0/s1. The van der Waals surface area contributed by atoms with Gasteiger partial charge in [-0.3, -0.25) is 4.79 Å². The number of fused-ring (bicyclic) bond motifs is 2. The number of aromatic nitrogens is 1. The van der Waals surface area contributed by atoms with Crippen molar-refractivity contribution in [2.75, 3.05) is 6.79 Å². The maximum atomic E-state index is 13.5. The summed E-state index contributed by atoms with van der Waals surface area (Å²) in [7, 11) is -3.84. The van der Waals surface area contributed by atoms with Crippen molar-refractivity contribution in [2.24, 2.45) is 4.99 Å². The molecule has 10 nitrogen and oxygen atoms in total. The maximum Gasteiger partial charge on any atom is 0.268 e. The molecule has 1 aliphatic carbocycles. The molecular weight excluding hydrogens is 544 g/mol. The number of benzene rings is 2. The zero-order valence-electron chi connectivity index (χ0n) is 23.2. The van der Waals surface area contributed by atoms with Crippen LogP contribution in [0.2, 0.25) is 0 Å². The fraction of sp³-hybridized carbons (Fsp3) is 0.400. The van der Waals surface area contributed by atoms with E-state index in [2.05, 4.69) is 40.8 Å². The lowest BCUT2D eigenvalue weighted by molar-refractivity contribution is 0.0869. The second kappa shape index (κ2) is 10.3. The summed E-state index contributed by atoms with van der Waals surface area (Å²) in [5.74, 6) is 1.30. The average Bonchev–Trinajstić information content (AvgIpc) is 3.66. The number of rotatable bonds is 6. The van der Waals surface area contributed by atoms with Gasteiger partial charge in [0.15, 0.2) is 11.5 Å². The van der Waals surface area contributed by atoms with E-state index in [-0.39, 0.29) is 35.5 Å². The number of aliphatic hydroxyl groups excluding tert-OH is 1. The number of H-pyrrole nitrogens is 1. The number of nitrogens with zero attached hydrogens (tertiary/aromatic N) is 1. The highest BCUT2D eigenvalue weighted by atomic mass is 32.2. The van der Waals surface area contributed by atoms with E-state index in [0.29, 0.717) is 52.5 Å². The molecule has 6 rings (SSSR count). The van der Waals surface area contributed by atoms with Crippen molar-refractivity contribution in [3.8, 4) is 22.6 Å². The van der Waals surface area contributed by atoms with E-state index in [4.69, 9.17) is 9.47 Å². The van der Waals surface area contributed by atoms with Gasteiger partial charge in [0.2, 0.25) is 16.8 Å². The molecule has 0 saturated heterocycles. The average molecular weight is 579 g/mol. The zero-order valence-corrected chi connectivity index (χ0v) is 24.0. The van der Waals surface area contributed by atoms with Crippen molar-refractivity contribution in [2.45, 2.75) is 75.0 Å². The molecule has 4 N–H and O–H groups in total. The first-order valence-corrected chi connectivity index (χ1v) is 15.3. The van der Waals surface area contributed by atoms with Crippen LogP contribution in [0.15, 0.2) is 52.4 Å². The fourth-order valence-corrected chi connectivity index (χ4v) is 6.81. The van der Waals surface area contributed by atoms with Crippen LogP contribution >= 0.6 is 0 Å². The van der Waals surface area contributed by atoms with E-state index in [0.717, 1.165) is 12.0 Å². The molecule has 0 spiro atoms. The lowest BCUT2D eigenvalue weighted by Gasteiger charge is -2.21. The molecule has 216 valence electrons. The number of ether oxygens (including phenoxy) is 2. The van der Waals surface area contributed by atoms with Gasteiger partial charge in [0.25, 0.3) is 5.91 Å². The van der Waals surface area contributed by atoms with Crippen LogP contribution in [0.1, 0.15) is 61.6 Å². The zero-order chi connectivity index (χ0) is 28.9. The minimum atomic E-state index is -3.84. The largest absolute Gasteiger partial charge is 0.454 e. The minimum absolute atomic E-state index is 0.0958. The number of carbonyl (C=O) groups excluding carboxylic acids is 1. The van der Waals surface area contributed by atoms with Gasteiger partial charge in [0.1, 0.15) is 11.5 Å². The number of hydrogen-bond acceptors (Lipinski definition) is 7. The number of hydrogen-bond donors (Lipinski definition) is 4. The first-order chi connectivity index (χ1) is 19.5. The Morgan fingerprint density at radius 2 is 1.83 bits per heavy atom. The third-order valence-electron chi connectivity index (χ3n) is 7.91. The molecule has 2 aromatic carbocycles. The molecule has 1 unspecified atom stereocenters. The van der Waals surface area contributed by atoms with Crippen LogP contribution in [-0.2, 0) is 21.9 Å². The first-order valence-electron chi connectivity index (χ1n) is 13.8. The van der Waals surface area contributed by atoms with Crippen molar-refractivity contribution >= 4 is 28.0 Å². The van der Waals surface area contributed by atoms with Crippen LogP contribution in [0.25, 0.3) is 11.1 Å². The second-order valence-electron chi connectivity index (χ2n) is 11.8. The van der Waals surface area contributed by atoms with Crippen LogP contribution in [0, 0.1) is 0 Å². The summed E-state index contributed by atoms with van der Waals surface area (Å²) in [6.45, 7) is 6.33. The highest BCUT2D eigenvalue weighted by Crippen LogP contribution is 2.42. The van der Waals surface area contributed by atoms with Crippen LogP contribution in [0.4, 0.5) is 5.82 Å². The Kier molecular flexibility index (Phi) is 6.91. The van der Waals surface area contributed by atoms with E-state index in [1.54, 1.807) is 30.5 Å². The molecule has 0 radical (unpaired) electrons. The number of amides is 1. The van der Waals surface area contributed by atoms with Crippen LogP contribution < -0.4 is 19.5 Å². The topological polar surface area (TPSA) is 142 Å². The summed E-state index contributed by atoms with van der Waals surface area (Å²) in [4.78, 5) is 21.3. The SMILES string of the molecule is CC(C)(C)c1ccc(S(=O)(=O)NC2C=Nc3[nH]c(C(=O)N[C@H]4CCC[C@H]4O)c(-c4ccc5c(c4)OCO5)c3C2)cc1. The van der Waals surface area contributed by atoms with Gasteiger partial charge in [-0.1, -0.05) is 39.0 Å². The second-order valence-corrected chi connectivity index (χ2v) is 13.5. The van der Waals surface area contributed by atoms with Gasteiger partial charge in [-0.2, -0.15) is 0 Å². The third-order valence-corrected chi connectivity index (χ3v) is 9.42. The third kappa shape index (κ3) is 5.37. The monoisotopic (exact) mass is 578 g/mol. The Morgan fingerprint density at radius 3 is 2.54 bits per heavy atom. The summed E-state index contributed by atoms with van der Waals surface area (Å²) >= 11 is 0. The van der Waals surface area contributed by atoms with Crippen molar-refractivity contribution in [1.29, 1.82) is 0 Å². The first kappa shape index (κ1) is 27.5. The maximum absolute atomic E-state index is 13.5. The van der Waals surface area contributed by atoms with E-state index >= 15 is 0 Å². The molecule has 3 aromatic rings. The number of aromatic amines is 1. The van der Waals surface area contributed by atoms with Gasteiger partial charge in [-0.15, -0.1) is 0 Å². The van der Waals surface area contributed by atoms with Gasteiger partial charge < -0.3 is 24.9 Å². The number of aliphatic imine (C=N–C) groups is 1. The normalized spacial score (nSPS) is 21.6. The van der Waals surface area contributed by atoms with Gasteiger partial charge in [0, 0.05) is 17.3 Å². The molecule has 1 aromatic heterocycles. The summed E-state index contributed by atoms with van der Waals surface area (Å²) in [5.41, 5.74) is 3.27. The van der Waals surface area contributed by atoms with E-state index in [9.17, 15) is 18.3 Å². The number of aliphatic hydroxyl groups is 1. The van der Waals surface area contributed by atoms with E-state index in [1.165, 1.54) is 0 Å². The Morgan fingerprint density at radius 1 is 1.07 bits per heavy atom. The van der Waals surface area contributed by atoms with Crippen LogP contribution in [-0.4, -0.2) is 55.6 Å². The van der Waals surface area contributed by atoms with Gasteiger partial charge >= 0.3 is 0 Å². The highest BCUT2D eigenvalue weighted by molar-refractivity contribution is 7.89. The predicted molar refractivity (Wildman–Crippen MR) is 155 cm³/mol. The fourth-order valence-electron chi connectivity index (χ4n) is 5.64. The Hall–Kier alpha value is -3.67. The number of nitrogens with one attached hydrogen (secondary N) is 3. The van der Waals surface area contributed by atoms with Crippen molar-refractivity contribution < 1.29 is 27.8 Å². The predicted octanol–water partition coefficient (Wildman–Crippen LogP) is 3.96. The van der Waals surface area contributed by atoms with Crippen LogP contribution in [0.3, 0.4) is 0 Å². The number of sulfonamides is 1. The number of carbonyl (C=O) groups is 1. The van der Waals surface area contributed by atoms with Crippen LogP contribution in [0.5, 0.6) is 11.5 Å². The van der Waals surface area contributed by atoms with Gasteiger partial charge in [0.05, 0.1) is 23.1 Å². The summed E-state index contributed by atoms with van der Waals surface area (Å²) < 4.78 is 40.4. The quantitative estimate of drug-likeness (QED) is 0.349. The molecule has 0 bridgehead atoms. The molecule has 2 aliphatic heterocycles. The Balaban J connectivity index is 1.31. The molecule has 41 heavy (non-hydrogen) atoms. The molecule has 11 heteroatoms. The molecule has 1 amide bonds. The van der Waals surface area contributed by atoms with Gasteiger partial charge in [-0.05, 0) is 66.5 Å². The van der Waals surface area contributed by atoms with E-state index in [1.807, 2.05) is 18.2 Å². The molecule has 3 heterocycles. The van der Waals surface area contributed by atoms with Crippen molar-refractivity contribution in [1.82, 2.24) is 15.0 Å². The molecule has 1 saturated carbocycles. The lowest BCUT2D eigenvalue weighted by Crippen LogP contribution is -2.40. The van der Waals surface area contributed by atoms with Crippen molar-refractivity contribution in [3.05, 3.63) is 59.3 Å². The molecule has 3 aliphatic rings. The van der Waals surface area contributed by atoms with E-state index < -0.39 is 22.2 Å².